The lowest BCUT2D eigenvalue weighted by molar-refractivity contribution is -0.140. The van der Waals surface area contributed by atoms with Crippen LogP contribution in [-0.2, 0) is 81.4 Å². The molecule has 0 aliphatic carbocycles. The van der Waals surface area contributed by atoms with Crippen molar-refractivity contribution in [3.05, 3.63) is 440 Å². The highest BCUT2D eigenvalue weighted by atomic mass is 79.9. The van der Waals surface area contributed by atoms with Gasteiger partial charge in [0.05, 0.1) is 49.5 Å². The maximum Gasteiger partial charge on any atom is 0.306 e. The van der Waals surface area contributed by atoms with E-state index in [1.165, 1.54) is 33.4 Å². The maximum atomic E-state index is 11.7. The molecule has 12 rings (SSSR count). The minimum Gasteiger partial charge on any atom is -0.481 e. The number of aliphatic carboxylic acids is 1. The van der Waals surface area contributed by atoms with E-state index in [-0.39, 0.29) is 84.7 Å². The van der Waals surface area contributed by atoms with Crippen molar-refractivity contribution in [3.63, 3.8) is 0 Å². The number of carbonyl (C=O) groups excluding carboxylic acids is 3. The van der Waals surface area contributed by atoms with Crippen molar-refractivity contribution < 1.29 is 58.3 Å². The number of hydrogen-bond donors (Lipinski definition) is 4. The standard InChI is InChI=1S/C20H22BrClO2.C20H22BrClO.C19H21BrClNO3.C19H20BrClO3.C19H20BrClO2.C18H18BrClO/c1-3-24-20(12-14(2)23)19(16-6-8-17(21)9-7-16)13-15-4-10-18(22)11-5-15;1-3-5-20(23-4-2)19(16-8-10-17(21)11-9-16)14-15-6-12-18(22)13-7-15;1-2-25-18(12-19(23)22-24)17(14-5-7-15(20)8-6-14)11-13-3-9-16(21)10-4-13;1-2-24-18(12-19(22)23)17(14-5-7-15(20)8-6-14)11-13-3-9-16(21)10-4-13;1-2-23-19(11-12-22)18(15-5-7-16(20)8-6-15)13-14-3-9-17(21)10-4-14;1-2-3-18(21)17(14-6-8-15(19)9-7-14)12-13-4-10-16(20)11-5-13/h4-11,19-20H,3,12-13H2,1-2H3;3,6-13,19-20H,1,4-5,14H2,2H3;3-10,17-18,24H,2,11-12H2,1H3,(H,22,23);3-10,17-18H,2,11-12H2,1H3,(H,22,23);3-10,12,18-19H,2,11,13H2,1H3;2,4-11,17-18,21H,1,3,12H2/t2*19?,20-;2*17?,18-;18?,19-;17?,18-/m111111/s1. The van der Waals surface area contributed by atoms with E-state index in [0.717, 1.165) is 119 Å². The summed E-state index contributed by atoms with van der Waals surface area (Å²) in [5.74, 6) is -0.700. The lowest BCUT2D eigenvalue weighted by Gasteiger charge is -2.27. The number of benzene rings is 12. The number of hydroxylamine groups is 1. The Morgan fingerprint density at radius 2 is 0.507 bits per heavy atom. The van der Waals surface area contributed by atoms with E-state index in [1.54, 1.807) is 18.5 Å². The summed E-state index contributed by atoms with van der Waals surface area (Å²) in [7, 11) is 0. The Labute approximate surface area is 908 Å². The third kappa shape index (κ3) is 44.4. The summed E-state index contributed by atoms with van der Waals surface area (Å²) >= 11 is 56.6. The molecular weight excluding hydrogens is 2280 g/mol. The number of aliphatic hydroxyl groups excluding tert-OH is 1. The fraction of sp³-hybridized carbons (Fsp3) is 0.304. The molecule has 0 radical (unpaired) electrons. The third-order valence-electron chi connectivity index (χ3n) is 23.1. The SMILES string of the molecule is C=CC[C@@H](O)C(Cc1ccc(Cl)cc1)c1ccc(Br)cc1.C=CC[C@@H](OCC)C(Cc1ccc(Cl)cc1)c1ccc(Br)cc1.CCO[C@H](CC(=O)NO)C(Cc1ccc(Cl)cc1)c1ccc(Br)cc1.CCO[C@H](CC(=O)O)C(Cc1ccc(Cl)cc1)c1ccc(Br)cc1.CCO[C@H](CC(C)=O)C(Cc1ccc(Cl)cc1)c1ccc(Br)cc1.CCO[C@H](CC=O)C(Cc1ccc(Cl)cc1)c1ccc(Br)cc1. The first-order valence-corrected chi connectivity index (χ1v) is 53.5. The maximum absolute atomic E-state index is 11.7. The van der Waals surface area contributed by atoms with Gasteiger partial charge in [-0.2, -0.15) is 0 Å². The number of ketones is 1. The fourth-order valence-corrected chi connectivity index (χ4v) is 18.6. The van der Waals surface area contributed by atoms with Gasteiger partial charge in [0.2, 0.25) is 5.91 Å². The molecule has 12 aromatic carbocycles. The monoisotopic (exact) mass is 2390 g/mol. The number of halogens is 12. The Kier molecular flexibility index (Phi) is 57.0. The average Bonchev–Trinajstić information content (AvgIpc) is 0.852. The molecule has 4 N–H and O–H groups in total. The molecule has 0 aliphatic heterocycles. The van der Waals surface area contributed by atoms with E-state index in [0.29, 0.717) is 75.2 Å². The highest BCUT2D eigenvalue weighted by Crippen LogP contribution is 2.38. The predicted octanol–water partition coefficient (Wildman–Crippen LogP) is 33.0. The van der Waals surface area contributed by atoms with Crippen LogP contribution in [0.1, 0.15) is 182 Å². The minimum atomic E-state index is -0.855. The number of amides is 1. The van der Waals surface area contributed by atoms with Crippen molar-refractivity contribution >= 4 is 189 Å². The molecule has 25 heteroatoms. The Balaban J connectivity index is 0.000000229. The Hall–Kier alpha value is -7.26. The van der Waals surface area contributed by atoms with E-state index >= 15 is 0 Å². The molecule has 0 spiro atoms. The Morgan fingerprint density at radius 1 is 0.307 bits per heavy atom. The second-order valence-electron chi connectivity index (χ2n) is 33.2. The molecule has 1 amide bonds. The quantitative estimate of drug-likeness (QED) is 0.0123. The highest BCUT2D eigenvalue weighted by molar-refractivity contribution is 9.11. The zero-order valence-corrected chi connectivity index (χ0v) is 93.4. The predicted molar refractivity (Wildman–Crippen MR) is 598 cm³/mol. The van der Waals surface area contributed by atoms with Gasteiger partial charge in [-0.25, -0.2) is 5.48 Å². The number of hydrogen-bond acceptors (Lipinski definition) is 11. The first-order chi connectivity index (χ1) is 67.4. The molecule has 0 bridgehead atoms. The van der Waals surface area contributed by atoms with Crippen LogP contribution >= 0.6 is 165 Å². The molecule has 0 saturated carbocycles. The lowest BCUT2D eigenvalue weighted by Crippen LogP contribution is -2.31. The van der Waals surface area contributed by atoms with Gasteiger partial charge in [0.25, 0.3) is 0 Å². The summed E-state index contributed by atoms with van der Waals surface area (Å²) in [5.41, 5.74) is 15.6. The molecule has 0 heterocycles. The number of ether oxygens (including phenoxy) is 5. The van der Waals surface area contributed by atoms with E-state index < -0.39 is 18.0 Å². The van der Waals surface area contributed by atoms with Crippen LogP contribution in [0.25, 0.3) is 0 Å². The molecule has 140 heavy (non-hydrogen) atoms. The van der Waals surface area contributed by atoms with Gasteiger partial charge in [-0.3, -0.25) is 19.6 Å². The van der Waals surface area contributed by atoms with Crippen molar-refractivity contribution in [2.75, 3.05) is 33.0 Å². The molecule has 0 aromatic heterocycles. The molecular formula is C115H123Br6Cl6NO12. The number of nitrogens with one attached hydrogen (secondary N) is 1. The first kappa shape index (κ1) is 120. The van der Waals surface area contributed by atoms with Crippen LogP contribution in [0.5, 0.6) is 0 Å². The van der Waals surface area contributed by atoms with Gasteiger partial charge < -0.3 is 38.7 Å². The van der Waals surface area contributed by atoms with Gasteiger partial charge in [0.1, 0.15) is 12.1 Å². The zero-order chi connectivity index (χ0) is 102. The number of carbonyl (C=O) groups is 4. The van der Waals surface area contributed by atoms with Crippen LogP contribution in [-0.4, -0.2) is 109 Å². The topological polar surface area (TPSA) is 187 Å². The average molecular weight is 2400 g/mol. The molecule has 0 aliphatic rings. The summed E-state index contributed by atoms with van der Waals surface area (Å²) in [4.78, 5) is 45.8. The molecule has 0 fully saturated rings. The summed E-state index contributed by atoms with van der Waals surface area (Å²) < 4.78 is 35.6. The Morgan fingerprint density at radius 3 is 0.714 bits per heavy atom. The van der Waals surface area contributed by atoms with Gasteiger partial charge in [-0.05, 0) is 305 Å². The van der Waals surface area contributed by atoms with E-state index in [2.05, 4.69) is 182 Å². The highest BCUT2D eigenvalue weighted by Gasteiger charge is 2.32. The van der Waals surface area contributed by atoms with Gasteiger partial charge in [0.15, 0.2) is 0 Å². The van der Waals surface area contributed by atoms with E-state index in [9.17, 15) is 29.4 Å². The fourth-order valence-electron chi connectivity index (χ4n) is 16.3. The normalized spacial score (nSPS) is 13.5. The minimum absolute atomic E-state index is 0.0256. The van der Waals surface area contributed by atoms with E-state index in [4.69, 9.17) is 98.5 Å². The summed E-state index contributed by atoms with van der Waals surface area (Å²) in [6.45, 7) is 21.8. The number of rotatable bonds is 46. The number of carboxylic acid groups (broad SMARTS) is 1. The van der Waals surface area contributed by atoms with Crippen LogP contribution in [0.4, 0.5) is 0 Å². The van der Waals surface area contributed by atoms with Gasteiger partial charge in [0, 0.05) is 138 Å². The number of aliphatic hydroxyl groups is 1. The summed E-state index contributed by atoms with van der Waals surface area (Å²) in [6.07, 6.45) is 10.3. The van der Waals surface area contributed by atoms with Crippen molar-refractivity contribution in [2.45, 2.75) is 191 Å². The lowest BCUT2D eigenvalue weighted by atomic mass is 9.85. The Bertz CT molecular complexity index is 5340. The molecule has 6 unspecified atom stereocenters. The second-order valence-corrected chi connectivity index (χ2v) is 41.3. The zero-order valence-electron chi connectivity index (χ0n) is 79.4. The molecule has 744 valence electrons. The van der Waals surface area contributed by atoms with Gasteiger partial charge in [-0.1, -0.05) is 323 Å². The van der Waals surface area contributed by atoms with Crippen molar-refractivity contribution in [1.82, 2.24) is 5.48 Å². The van der Waals surface area contributed by atoms with Gasteiger partial charge >= 0.3 is 5.97 Å². The van der Waals surface area contributed by atoms with Crippen molar-refractivity contribution in [2.24, 2.45) is 0 Å². The molecule has 12 atom stereocenters. The second kappa shape index (κ2) is 66.7. The van der Waals surface area contributed by atoms with Crippen LogP contribution in [0.3, 0.4) is 0 Å². The third-order valence-corrected chi connectivity index (χ3v) is 27.8. The van der Waals surface area contributed by atoms with Crippen LogP contribution in [0.2, 0.25) is 30.1 Å². The number of carboxylic acids is 1. The van der Waals surface area contributed by atoms with Gasteiger partial charge in [-0.15, -0.1) is 13.2 Å². The summed E-state index contributed by atoms with van der Waals surface area (Å²) in [6, 6.07) is 95.9. The smallest absolute Gasteiger partial charge is 0.306 e. The summed E-state index contributed by atoms with van der Waals surface area (Å²) in [5, 5.41) is 32.9. The molecule has 13 nitrogen and oxygen atoms in total. The largest absolute Gasteiger partial charge is 0.481 e. The first-order valence-electron chi connectivity index (χ1n) is 46.4. The number of Topliss-reactive ketones (excluding diaryl/α,β-unsaturated/α-hetero) is 1. The molecule has 12 aromatic rings. The van der Waals surface area contributed by atoms with Crippen molar-refractivity contribution in [3.8, 4) is 0 Å². The van der Waals surface area contributed by atoms with Crippen LogP contribution in [0, 0.1) is 0 Å². The number of aldehydes is 1. The van der Waals surface area contributed by atoms with E-state index in [1.807, 2.05) is 259 Å². The van der Waals surface area contributed by atoms with Crippen LogP contribution in [0.15, 0.2) is 343 Å². The molecule has 0 saturated heterocycles. The van der Waals surface area contributed by atoms with Crippen molar-refractivity contribution in [1.29, 1.82) is 0 Å². The van der Waals surface area contributed by atoms with Crippen LogP contribution < -0.4 is 5.48 Å².